The van der Waals surface area contributed by atoms with Gasteiger partial charge in [-0.1, -0.05) is 19.9 Å². The summed E-state index contributed by atoms with van der Waals surface area (Å²) in [4.78, 5) is 4.17. The first-order chi connectivity index (χ1) is 7.27. The molecule has 0 bridgehead atoms. The molecule has 0 amide bonds. The molecular formula is C13H20N2. The number of aromatic nitrogens is 1. The van der Waals surface area contributed by atoms with Gasteiger partial charge in [0.1, 0.15) is 0 Å². The van der Waals surface area contributed by atoms with Crippen molar-refractivity contribution in [3.8, 4) is 0 Å². The maximum atomic E-state index is 4.17. The SMILES string of the molecule is CC(C)CNC[C@@H]1C[C@H]1c1cccnc1. The van der Waals surface area contributed by atoms with Gasteiger partial charge in [-0.25, -0.2) is 0 Å². The van der Waals surface area contributed by atoms with Crippen molar-refractivity contribution in [1.82, 2.24) is 10.3 Å². The van der Waals surface area contributed by atoms with Gasteiger partial charge in [-0.2, -0.15) is 0 Å². The van der Waals surface area contributed by atoms with Crippen molar-refractivity contribution in [3.05, 3.63) is 30.1 Å². The quantitative estimate of drug-likeness (QED) is 0.796. The van der Waals surface area contributed by atoms with Crippen LogP contribution in [0.2, 0.25) is 0 Å². The highest BCUT2D eigenvalue weighted by Gasteiger charge is 2.37. The summed E-state index contributed by atoms with van der Waals surface area (Å²) in [6.45, 7) is 6.80. The fraction of sp³-hybridized carbons (Fsp3) is 0.615. The second kappa shape index (κ2) is 4.75. The molecule has 0 unspecified atom stereocenters. The highest BCUT2D eigenvalue weighted by molar-refractivity contribution is 5.22. The Morgan fingerprint density at radius 3 is 3.07 bits per heavy atom. The molecule has 82 valence electrons. The van der Waals surface area contributed by atoms with E-state index in [0.29, 0.717) is 0 Å². The van der Waals surface area contributed by atoms with Crippen molar-refractivity contribution >= 4 is 0 Å². The molecule has 15 heavy (non-hydrogen) atoms. The molecule has 0 aliphatic heterocycles. The number of rotatable bonds is 5. The first-order valence-electron chi connectivity index (χ1n) is 5.88. The fourth-order valence-electron chi connectivity index (χ4n) is 2.03. The van der Waals surface area contributed by atoms with Crippen LogP contribution in [-0.2, 0) is 0 Å². The first kappa shape index (κ1) is 10.6. The molecule has 0 aromatic carbocycles. The minimum Gasteiger partial charge on any atom is -0.316 e. The van der Waals surface area contributed by atoms with Crippen LogP contribution in [0.15, 0.2) is 24.5 Å². The third-order valence-electron chi connectivity index (χ3n) is 2.99. The van der Waals surface area contributed by atoms with Gasteiger partial charge in [-0.3, -0.25) is 4.98 Å². The summed E-state index contributed by atoms with van der Waals surface area (Å²) in [5.74, 6) is 2.35. The zero-order valence-electron chi connectivity index (χ0n) is 9.61. The zero-order chi connectivity index (χ0) is 10.7. The Bertz CT molecular complexity index is 295. The Labute approximate surface area is 92.1 Å². The van der Waals surface area contributed by atoms with E-state index in [4.69, 9.17) is 0 Å². The molecule has 0 radical (unpaired) electrons. The van der Waals surface area contributed by atoms with E-state index in [1.165, 1.54) is 12.0 Å². The summed E-state index contributed by atoms with van der Waals surface area (Å²) >= 11 is 0. The average Bonchev–Trinajstić information content (AvgIpc) is 2.98. The second-order valence-corrected chi connectivity index (χ2v) is 4.94. The number of nitrogens with zero attached hydrogens (tertiary/aromatic N) is 1. The van der Waals surface area contributed by atoms with Gasteiger partial charge in [-0.15, -0.1) is 0 Å². The molecule has 2 rings (SSSR count). The predicted molar refractivity (Wildman–Crippen MR) is 62.8 cm³/mol. The molecule has 1 N–H and O–H groups in total. The average molecular weight is 204 g/mol. The minimum atomic E-state index is 0.751. The summed E-state index contributed by atoms with van der Waals surface area (Å²) in [5.41, 5.74) is 1.41. The van der Waals surface area contributed by atoms with Crippen LogP contribution in [0, 0.1) is 11.8 Å². The lowest BCUT2D eigenvalue weighted by Crippen LogP contribution is -2.22. The van der Waals surface area contributed by atoms with Crippen LogP contribution in [0.25, 0.3) is 0 Å². The zero-order valence-corrected chi connectivity index (χ0v) is 9.61. The van der Waals surface area contributed by atoms with Crippen molar-refractivity contribution in [2.75, 3.05) is 13.1 Å². The third-order valence-corrected chi connectivity index (χ3v) is 2.99. The van der Waals surface area contributed by atoms with Crippen LogP contribution in [0.1, 0.15) is 31.7 Å². The van der Waals surface area contributed by atoms with Crippen molar-refractivity contribution in [2.45, 2.75) is 26.2 Å². The van der Waals surface area contributed by atoms with E-state index in [2.05, 4.69) is 30.2 Å². The van der Waals surface area contributed by atoms with Crippen LogP contribution in [0.4, 0.5) is 0 Å². The van der Waals surface area contributed by atoms with Gasteiger partial charge in [-0.05, 0) is 48.9 Å². The number of hydrogen-bond donors (Lipinski definition) is 1. The Balaban J connectivity index is 1.72. The Morgan fingerprint density at radius 2 is 2.40 bits per heavy atom. The third kappa shape index (κ3) is 3.03. The molecule has 1 fully saturated rings. The van der Waals surface area contributed by atoms with E-state index in [1.807, 2.05) is 18.5 Å². The van der Waals surface area contributed by atoms with E-state index < -0.39 is 0 Å². The fourth-order valence-corrected chi connectivity index (χ4v) is 2.03. The van der Waals surface area contributed by atoms with E-state index in [1.54, 1.807) is 0 Å². The summed E-state index contributed by atoms with van der Waals surface area (Å²) in [6.07, 6.45) is 5.18. The maximum Gasteiger partial charge on any atom is 0.0302 e. The second-order valence-electron chi connectivity index (χ2n) is 4.94. The molecule has 1 aliphatic carbocycles. The van der Waals surface area contributed by atoms with Crippen LogP contribution in [0.5, 0.6) is 0 Å². The Kier molecular flexibility index (Phi) is 3.37. The molecule has 1 saturated carbocycles. The largest absolute Gasteiger partial charge is 0.316 e. The first-order valence-corrected chi connectivity index (χ1v) is 5.88. The summed E-state index contributed by atoms with van der Waals surface area (Å²) in [6, 6.07) is 4.23. The molecule has 1 aromatic heterocycles. The normalized spacial score (nSPS) is 24.5. The lowest BCUT2D eigenvalue weighted by molar-refractivity contribution is 0.532. The number of pyridine rings is 1. The van der Waals surface area contributed by atoms with Gasteiger partial charge in [0, 0.05) is 12.4 Å². The van der Waals surface area contributed by atoms with Gasteiger partial charge in [0.25, 0.3) is 0 Å². The monoisotopic (exact) mass is 204 g/mol. The van der Waals surface area contributed by atoms with Crippen molar-refractivity contribution in [3.63, 3.8) is 0 Å². The van der Waals surface area contributed by atoms with Gasteiger partial charge < -0.3 is 5.32 Å². The maximum absolute atomic E-state index is 4.17. The van der Waals surface area contributed by atoms with Crippen LogP contribution >= 0.6 is 0 Å². The van der Waals surface area contributed by atoms with Gasteiger partial charge in [0.15, 0.2) is 0 Å². The van der Waals surface area contributed by atoms with E-state index in [-0.39, 0.29) is 0 Å². The summed E-state index contributed by atoms with van der Waals surface area (Å²) in [5, 5.41) is 3.53. The summed E-state index contributed by atoms with van der Waals surface area (Å²) in [7, 11) is 0. The standard InChI is InChI=1S/C13H20N2/c1-10(2)7-15-9-12-6-13(12)11-4-3-5-14-8-11/h3-5,8,10,12-13,15H,6-7,9H2,1-2H3/t12-,13-/m0/s1. The smallest absolute Gasteiger partial charge is 0.0302 e. The molecule has 0 spiro atoms. The highest BCUT2D eigenvalue weighted by atomic mass is 14.9. The molecule has 0 saturated heterocycles. The van der Waals surface area contributed by atoms with Crippen LogP contribution in [0.3, 0.4) is 0 Å². The van der Waals surface area contributed by atoms with Crippen molar-refractivity contribution in [2.24, 2.45) is 11.8 Å². The van der Waals surface area contributed by atoms with Crippen LogP contribution in [-0.4, -0.2) is 18.1 Å². The van der Waals surface area contributed by atoms with Crippen molar-refractivity contribution < 1.29 is 0 Å². The number of hydrogen-bond acceptors (Lipinski definition) is 2. The lowest BCUT2D eigenvalue weighted by Gasteiger charge is -2.06. The molecule has 1 aliphatic rings. The van der Waals surface area contributed by atoms with Crippen LogP contribution < -0.4 is 5.32 Å². The Morgan fingerprint density at radius 1 is 1.53 bits per heavy atom. The Hall–Kier alpha value is -0.890. The topological polar surface area (TPSA) is 24.9 Å². The van der Waals surface area contributed by atoms with E-state index in [9.17, 15) is 0 Å². The van der Waals surface area contributed by atoms with Crippen molar-refractivity contribution in [1.29, 1.82) is 0 Å². The van der Waals surface area contributed by atoms with Gasteiger partial charge in [0.2, 0.25) is 0 Å². The predicted octanol–water partition coefficient (Wildman–Crippen LogP) is 2.43. The molecule has 1 aromatic rings. The minimum absolute atomic E-state index is 0.751. The number of nitrogens with one attached hydrogen (secondary N) is 1. The van der Waals surface area contributed by atoms with Gasteiger partial charge in [0.05, 0.1) is 0 Å². The lowest BCUT2D eigenvalue weighted by atomic mass is 10.1. The molecule has 2 nitrogen and oxygen atoms in total. The molecule has 2 heteroatoms. The van der Waals surface area contributed by atoms with E-state index in [0.717, 1.165) is 30.8 Å². The highest BCUT2D eigenvalue weighted by Crippen LogP contribution is 2.46. The molecular weight excluding hydrogens is 184 g/mol. The molecule has 2 atom stereocenters. The summed E-state index contributed by atoms with van der Waals surface area (Å²) < 4.78 is 0. The van der Waals surface area contributed by atoms with Gasteiger partial charge >= 0.3 is 0 Å². The van der Waals surface area contributed by atoms with E-state index >= 15 is 0 Å². The molecule has 1 heterocycles.